The first-order valence-electron chi connectivity index (χ1n) is 6.80. The molecule has 0 radical (unpaired) electrons. The van der Waals surface area contributed by atoms with Gasteiger partial charge in [-0.15, -0.1) is 0 Å². The maximum atomic E-state index is 12.1. The normalized spacial score (nSPS) is 12.3. The molecule has 0 unspecified atom stereocenters. The highest BCUT2D eigenvalue weighted by atomic mass is 79.9. The zero-order valence-electron chi connectivity index (χ0n) is 13.1. The van der Waals surface area contributed by atoms with Gasteiger partial charge < -0.3 is 14.8 Å². The second-order valence-corrected chi connectivity index (χ2v) is 5.54. The van der Waals surface area contributed by atoms with Gasteiger partial charge in [0.05, 0.1) is 18.7 Å². The molecule has 0 saturated carbocycles. The van der Waals surface area contributed by atoms with Gasteiger partial charge in [0, 0.05) is 17.7 Å². The largest absolute Gasteiger partial charge is 0.496 e. The average molecular weight is 367 g/mol. The van der Waals surface area contributed by atoms with E-state index in [0.717, 1.165) is 6.42 Å². The predicted molar refractivity (Wildman–Crippen MR) is 88.7 cm³/mol. The highest BCUT2D eigenvalue weighted by molar-refractivity contribution is 9.10. The number of amides is 1. The van der Waals surface area contributed by atoms with Crippen LogP contribution < -0.4 is 14.8 Å². The number of hydrogen-bond donors (Lipinski definition) is 1. The van der Waals surface area contributed by atoms with Gasteiger partial charge in [-0.25, -0.2) is 0 Å². The molecule has 0 aliphatic rings. The fourth-order valence-electron chi connectivity index (χ4n) is 1.70. The Bertz CT molecular complexity index is 621. The van der Waals surface area contributed by atoms with Gasteiger partial charge in [0.1, 0.15) is 23.1 Å². The van der Waals surface area contributed by atoms with E-state index in [4.69, 9.17) is 9.47 Å². The van der Waals surface area contributed by atoms with Crippen molar-refractivity contribution in [3.8, 4) is 17.6 Å². The van der Waals surface area contributed by atoms with Gasteiger partial charge in [-0.05, 0) is 41.4 Å². The number of nitrogens with one attached hydrogen (secondary N) is 1. The molecule has 0 saturated heterocycles. The second kappa shape index (κ2) is 8.44. The molecule has 6 heteroatoms. The summed E-state index contributed by atoms with van der Waals surface area (Å²) in [4.78, 5) is 12.1. The van der Waals surface area contributed by atoms with Crippen LogP contribution in [0.2, 0.25) is 0 Å². The summed E-state index contributed by atoms with van der Waals surface area (Å²) < 4.78 is 11.2. The van der Waals surface area contributed by atoms with Crippen molar-refractivity contribution in [3.05, 3.63) is 27.7 Å². The molecule has 0 aliphatic heterocycles. The topological polar surface area (TPSA) is 71.4 Å². The van der Waals surface area contributed by atoms with Gasteiger partial charge in [0.25, 0.3) is 5.91 Å². The number of methoxy groups -OCH3 is 2. The summed E-state index contributed by atoms with van der Waals surface area (Å²) in [6.07, 6.45) is 2.29. The Balaban J connectivity index is 3.20. The quantitative estimate of drug-likeness (QED) is 0.619. The minimum atomic E-state index is -0.397. The van der Waals surface area contributed by atoms with Crippen molar-refractivity contribution >= 4 is 27.9 Å². The van der Waals surface area contributed by atoms with Crippen LogP contribution in [0.1, 0.15) is 25.8 Å². The van der Waals surface area contributed by atoms with Crippen LogP contribution >= 0.6 is 15.9 Å². The summed E-state index contributed by atoms with van der Waals surface area (Å²) in [6.45, 7) is 3.85. The molecule has 1 aromatic carbocycles. The van der Waals surface area contributed by atoms with E-state index >= 15 is 0 Å². The monoisotopic (exact) mass is 366 g/mol. The Hall–Kier alpha value is -2.00. The lowest BCUT2D eigenvalue weighted by atomic mass is 10.1. The van der Waals surface area contributed by atoms with E-state index in [9.17, 15) is 10.1 Å². The van der Waals surface area contributed by atoms with Crippen molar-refractivity contribution in [2.24, 2.45) is 0 Å². The first-order valence-corrected chi connectivity index (χ1v) is 7.60. The van der Waals surface area contributed by atoms with Crippen molar-refractivity contribution < 1.29 is 14.3 Å². The van der Waals surface area contributed by atoms with E-state index in [2.05, 4.69) is 21.2 Å². The van der Waals surface area contributed by atoms with E-state index < -0.39 is 5.91 Å². The maximum absolute atomic E-state index is 12.1. The van der Waals surface area contributed by atoms with Crippen LogP contribution in [-0.2, 0) is 4.79 Å². The van der Waals surface area contributed by atoms with Gasteiger partial charge in [0.15, 0.2) is 0 Å². The Kier molecular flexibility index (Phi) is 6.93. The van der Waals surface area contributed by atoms with Gasteiger partial charge >= 0.3 is 0 Å². The minimum Gasteiger partial charge on any atom is -0.496 e. The molecule has 1 aromatic rings. The van der Waals surface area contributed by atoms with Crippen LogP contribution in [0.5, 0.6) is 11.5 Å². The SMILES string of the molecule is CC[C@H](C)NC(=O)/C(C#N)=C/c1cc(Br)c(OC)cc1OC. The molecule has 0 aliphatic carbocycles. The lowest BCUT2D eigenvalue weighted by Gasteiger charge is -2.12. The highest BCUT2D eigenvalue weighted by Gasteiger charge is 2.14. The second-order valence-electron chi connectivity index (χ2n) is 4.68. The molecule has 0 spiro atoms. The average Bonchev–Trinajstić information content (AvgIpc) is 2.52. The predicted octanol–water partition coefficient (Wildman–Crippen LogP) is 3.29. The van der Waals surface area contributed by atoms with Crippen molar-refractivity contribution in [2.45, 2.75) is 26.3 Å². The summed E-state index contributed by atoms with van der Waals surface area (Å²) in [5.41, 5.74) is 0.640. The third-order valence-electron chi connectivity index (χ3n) is 3.16. The molecule has 1 rings (SSSR count). The molecular formula is C16H19BrN2O3. The van der Waals surface area contributed by atoms with Crippen LogP contribution in [0.15, 0.2) is 22.2 Å². The van der Waals surface area contributed by atoms with E-state index in [1.54, 1.807) is 19.2 Å². The molecule has 22 heavy (non-hydrogen) atoms. The maximum Gasteiger partial charge on any atom is 0.262 e. The fraction of sp³-hybridized carbons (Fsp3) is 0.375. The smallest absolute Gasteiger partial charge is 0.262 e. The van der Waals surface area contributed by atoms with Gasteiger partial charge in [0.2, 0.25) is 0 Å². The number of carbonyl (C=O) groups is 1. The Labute approximate surface area is 139 Å². The van der Waals surface area contributed by atoms with Crippen molar-refractivity contribution in [3.63, 3.8) is 0 Å². The molecule has 1 amide bonds. The van der Waals surface area contributed by atoms with Crippen molar-refractivity contribution in [2.75, 3.05) is 14.2 Å². The third kappa shape index (κ3) is 4.50. The summed E-state index contributed by atoms with van der Waals surface area (Å²) in [7, 11) is 3.07. The first-order chi connectivity index (χ1) is 10.5. The van der Waals surface area contributed by atoms with Crippen LogP contribution in [0.3, 0.4) is 0 Å². The van der Waals surface area contributed by atoms with Gasteiger partial charge in [-0.3, -0.25) is 4.79 Å². The molecule has 1 N–H and O–H groups in total. The molecule has 5 nitrogen and oxygen atoms in total. The first kappa shape index (κ1) is 18.1. The van der Waals surface area contributed by atoms with E-state index in [1.165, 1.54) is 13.2 Å². The number of hydrogen-bond acceptors (Lipinski definition) is 4. The number of nitriles is 1. The summed E-state index contributed by atoms with van der Waals surface area (Å²) >= 11 is 3.38. The van der Waals surface area contributed by atoms with Crippen LogP contribution in [0, 0.1) is 11.3 Å². The van der Waals surface area contributed by atoms with Gasteiger partial charge in [-0.1, -0.05) is 6.92 Å². The van der Waals surface area contributed by atoms with E-state index in [0.29, 0.717) is 21.5 Å². The summed E-state index contributed by atoms with van der Waals surface area (Å²) in [6, 6.07) is 5.37. The van der Waals surface area contributed by atoms with Gasteiger partial charge in [-0.2, -0.15) is 5.26 Å². The Morgan fingerprint density at radius 2 is 2.05 bits per heavy atom. The number of halogens is 1. The summed E-state index contributed by atoms with van der Waals surface area (Å²) in [5, 5.41) is 12.0. The number of nitrogens with zero attached hydrogens (tertiary/aromatic N) is 1. The molecule has 0 fully saturated rings. The Morgan fingerprint density at radius 1 is 1.41 bits per heavy atom. The lowest BCUT2D eigenvalue weighted by molar-refractivity contribution is -0.117. The highest BCUT2D eigenvalue weighted by Crippen LogP contribution is 2.33. The summed E-state index contributed by atoms with van der Waals surface area (Å²) in [5.74, 6) is 0.728. The van der Waals surface area contributed by atoms with E-state index in [1.807, 2.05) is 19.9 Å². The fourth-order valence-corrected chi connectivity index (χ4v) is 2.23. The van der Waals surface area contributed by atoms with Crippen LogP contribution in [0.25, 0.3) is 6.08 Å². The zero-order valence-corrected chi connectivity index (χ0v) is 14.7. The zero-order chi connectivity index (χ0) is 16.7. The third-order valence-corrected chi connectivity index (χ3v) is 3.78. The van der Waals surface area contributed by atoms with Crippen LogP contribution in [0.4, 0.5) is 0 Å². The molecule has 0 bridgehead atoms. The van der Waals surface area contributed by atoms with E-state index in [-0.39, 0.29) is 11.6 Å². The molecule has 0 heterocycles. The Morgan fingerprint density at radius 3 is 2.55 bits per heavy atom. The van der Waals surface area contributed by atoms with Crippen LogP contribution in [-0.4, -0.2) is 26.2 Å². The lowest BCUT2D eigenvalue weighted by Crippen LogP contribution is -2.32. The van der Waals surface area contributed by atoms with Crippen molar-refractivity contribution in [1.82, 2.24) is 5.32 Å². The molecule has 0 aromatic heterocycles. The minimum absolute atomic E-state index is 0.00810. The van der Waals surface area contributed by atoms with Crippen molar-refractivity contribution in [1.29, 1.82) is 5.26 Å². The standard InChI is InChI=1S/C16H19BrN2O3/c1-5-10(2)19-16(20)12(9-18)6-11-7-13(17)15(22-4)8-14(11)21-3/h6-8,10H,5H2,1-4H3,(H,19,20)/b12-6+/t10-/m0/s1. The molecular weight excluding hydrogens is 348 g/mol. The molecule has 1 atom stereocenters. The number of ether oxygens (including phenoxy) is 2. The number of benzene rings is 1. The molecule has 118 valence electrons. The number of rotatable bonds is 6. The number of carbonyl (C=O) groups excluding carboxylic acids is 1.